The van der Waals surface area contributed by atoms with Crippen LogP contribution >= 0.6 is 0 Å². The Labute approximate surface area is 169 Å². The van der Waals surface area contributed by atoms with Crippen LogP contribution in [0.4, 0.5) is 0 Å². The predicted molar refractivity (Wildman–Crippen MR) is 107 cm³/mol. The first-order valence-corrected chi connectivity index (χ1v) is 9.92. The number of carboxylic acid groups (broad SMARTS) is 1. The van der Waals surface area contributed by atoms with E-state index in [-0.39, 0.29) is 18.1 Å². The van der Waals surface area contributed by atoms with E-state index in [1.807, 2.05) is 13.0 Å². The fourth-order valence-corrected chi connectivity index (χ4v) is 2.84. The smallest absolute Gasteiger partial charge is 0.337 e. The number of hydrogen-bond acceptors (Lipinski definition) is 5. The lowest BCUT2D eigenvalue weighted by Gasteiger charge is -2.33. The van der Waals surface area contributed by atoms with E-state index >= 15 is 0 Å². The SMILES string of the molecule is CC(=O)[O-].CC[C@H](Cc1ccccc1)[C@@H](OCC(C)C)[C@H](C)OC(C)C([NH3+])=O. The predicted octanol–water partition coefficient (Wildman–Crippen LogP) is 1.61. The highest BCUT2D eigenvalue weighted by Crippen LogP contribution is 2.24. The normalized spacial score (nSPS) is 15.1. The average Bonchev–Trinajstić information content (AvgIpc) is 2.60. The van der Waals surface area contributed by atoms with Crippen LogP contribution in [0.25, 0.3) is 0 Å². The molecule has 0 radical (unpaired) electrons. The molecule has 1 aromatic carbocycles. The quantitative estimate of drug-likeness (QED) is 0.613. The van der Waals surface area contributed by atoms with E-state index in [4.69, 9.17) is 19.4 Å². The minimum Gasteiger partial charge on any atom is -0.550 e. The molecule has 1 amide bonds. The van der Waals surface area contributed by atoms with Crippen LogP contribution in [0.3, 0.4) is 0 Å². The number of carbonyl (C=O) groups is 2. The molecule has 160 valence electrons. The van der Waals surface area contributed by atoms with Crippen LogP contribution in [0.5, 0.6) is 0 Å². The zero-order valence-electron chi connectivity index (χ0n) is 18.1. The summed E-state index contributed by atoms with van der Waals surface area (Å²) in [4.78, 5) is 20.3. The Morgan fingerprint density at radius 3 is 2.07 bits per heavy atom. The van der Waals surface area contributed by atoms with E-state index in [0.29, 0.717) is 18.4 Å². The standard InChI is InChI=1S/C20H33NO3.C2H4O2/c1-6-18(12-17-10-8-7-9-11-17)19(23-13-14(2)3)15(4)24-16(5)20(21)22;1-2(3)4/h7-11,14-16,18-19H,6,12-13H2,1-5H3,(H2,21,22);1H3,(H,3,4)/t15-,16?,18+,19-;/m0./s1. The van der Waals surface area contributed by atoms with Gasteiger partial charge in [-0.2, -0.15) is 0 Å². The van der Waals surface area contributed by atoms with Crippen molar-refractivity contribution >= 4 is 11.9 Å². The molecular formula is C22H37NO5. The molecular weight excluding hydrogens is 358 g/mol. The van der Waals surface area contributed by atoms with Crippen LogP contribution in [0, 0.1) is 11.8 Å². The van der Waals surface area contributed by atoms with Gasteiger partial charge in [0.05, 0.1) is 12.2 Å². The number of aliphatic carboxylic acids is 1. The first-order chi connectivity index (χ1) is 13.1. The summed E-state index contributed by atoms with van der Waals surface area (Å²) >= 11 is 0. The Bertz CT molecular complexity index is 557. The highest BCUT2D eigenvalue weighted by atomic mass is 16.5. The van der Waals surface area contributed by atoms with E-state index in [2.05, 4.69) is 50.8 Å². The minimum absolute atomic E-state index is 0.0422. The van der Waals surface area contributed by atoms with Crippen molar-refractivity contribution < 1.29 is 29.9 Å². The van der Waals surface area contributed by atoms with Crippen LogP contribution in [-0.2, 0) is 25.5 Å². The van der Waals surface area contributed by atoms with Gasteiger partial charge in [-0.3, -0.25) is 5.73 Å². The Morgan fingerprint density at radius 1 is 1.11 bits per heavy atom. The molecule has 0 aromatic heterocycles. The second-order valence-corrected chi connectivity index (χ2v) is 7.49. The lowest BCUT2D eigenvalue weighted by molar-refractivity contribution is -0.318. The third-order valence-electron chi connectivity index (χ3n) is 4.29. The number of benzene rings is 1. The van der Waals surface area contributed by atoms with E-state index < -0.39 is 12.1 Å². The van der Waals surface area contributed by atoms with E-state index in [1.54, 1.807) is 6.92 Å². The average molecular weight is 396 g/mol. The minimum atomic E-state index is -1.08. The molecule has 0 aliphatic heterocycles. The number of quaternary nitrogens is 1. The van der Waals surface area contributed by atoms with Crippen molar-refractivity contribution in [3.05, 3.63) is 35.9 Å². The molecule has 6 heteroatoms. The van der Waals surface area contributed by atoms with Crippen LogP contribution in [0.1, 0.15) is 53.5 Å². The van der Waals surface area contributed by atoms with Gasteiger partial charge < -0.3 is 19.4 Å². The van der Waals surface area contributed by atoms with Gasteiger partial charge in [-0.1, -0.05) is 57.5 Å². The molecule has 0 spiro atoms. The molecule has 3 N–H and O–H groups in total. The van der Waals surface area contributed by atoms with E-state index in [9.17, 15) is 4.79 Å². The highest BCUT2D eigenvalue weighted by Gasteiger charge is 2.30. The van der Waals surface area contributed by atoms with Crippen LogP contribution in [0.15, 0.2) is 30.3 Å². The molecule has 1 aromatic rings. The van der Waals surface area contributed by atoms with E-state index in [0.717, 1.165) is 19.8 Å². The maximum Gasteiger partial charge on any atom is 0.337 e. The summed E-state index contributed by atoms with van der Waals surface area (Å²) in [7, 11) is 0. The first kappa shape index (κ1) is 26.2. The van der Waals surface area contributed by atoms with Crippen molar-refractivity contribution in [2.75, 3.05) is 6.61 Å². The van der Waals surface area contributed by atoms with Gasteiger partial charge >= 0.3 is 5.91 Å². The second kappa shape index (κ2) is 14.3. The lowest BCUT2D eigenvalue weighted by Crippen LogP contribution is -2.62. The molecule has 6 nitrogen and oxygen atoms in total. The number of rotatable bonds is 11. The summed E-state index contributed by atoms with van der Waals surface area (Å²) < 4.78 is 12.1. The number of carboxylic acids is 1. The molecule has 1 rings (SSSR count). The summed E-state index contributed by atoms with van der Waals surface area (Å²) in [5.41, 5.74) is 4.75. The molecule has 0 saturated heterocycles. The fraction of sp³-hybridized carbons (Fsp3) is 0.636. The number of ether oxygens (including phenoxy) is 2. The maximum absolute atomic E-state index is 11.4. The van der Waals surface area contributed by atoms with Gasteiger partial charge in [0.25, 0.3) is 0 Å². The Kier molecular flexibility index (Phi) is 13.4. The first-order valence-electron chi connectivity index (χ1n) is 9.92. The molecule has 0 aliphatic rings. The molecule has 0 aliphatic carbocycles. The molecule has 1 unspecified atom stereocenters. The van der Waals surface area contributed by atoms with Gasteiger partial charge in [-0.25, -0.2) is 4.79 Å². The van der Waals surface area contributed by atoms with Crippen molar-refractivity contribution in [2.24, 2.45) is 11.8 Å². The third kappa shape index (κ3) is 11.8. The van der Waals surface area contributed by atoms with Gasteiger partial charge in [0.2, 0.25) is 0 Å². The van der Waals surface area contributed by atoms with Crippen LogP contribution in [0.2, 0.25) is 0 Å². The molecule has 4 atom stereocenters. The Hall–Kier alpha value is -1.76. The summed E-state index contributed by atoms with van der Waals surface area (Å²) in [5, 5.41) is 8.89. The zero-order chi connectivity index (χ0) is 21.7. The molecule has 0 fully saturated rings. The summed E-state index contributed by atoms with van der Waals surface area (Å²) in [6, 6.07) is 10.5. The largest absolute Gasteiger partial charge is 0.550 e. The van der Waals surface area contributed by atoms with E-state index in [1.165, 1.54) is 5.56 Å². The summed E-state index contributed by atoms with van der Waals surface area (Å²) in [6.07, 6.45) is 1.25. The van der Waals surface area contributed by atoms with Crippen molar-refractivity contribution in [2.45, 2.75) is 72.7 Å². The Balaban J connectivity index is 0.00000165. The Morgan fingerprint density at radius 2 is 1.64 bits per heavy atom. The topological polar surface area (TPSA) is 103 Å². The van der Waals surface area contributed by atoms with Gasteiger partial charge in [0, 0.05) is 12.6 Å². The third-order valence-corrected chi connectivity index (χ3v) is 4.29. The highest BCUT2D eigenvalue weighted by molar-refractivity contribution is 5.69. The monoisotopic (exact) mass is 395 g/mol. The second-order valence-electron chi connectivity index (χ2n) is 7.49. The molecule has 0 saturated carbocycles. The van der Waals surface area contributed by atoms with Crippen molar-refractivity contribution in [1.29, 1.82) is 0 Å². The van der Waals surface area contributed by atoms with Crippen molar-refractivity contribution in [3.63, 3.8) is 0 Å². The summed E-state index contributed by atoms with van der Waals surface area (Å²) in [5.74, 6) is -0.477. The molecule has 28 heavy (non-hydrogen) atoms. The summed E-state index contributed by atoms with van der Waals surface area (Å²) in [6.45, 7) is 11.9. The number of hydrogen-bond donors (Lipinski definition) is 1. The van der Waals surface area contributed by atoms with Crippen molar-refractivity contribution in [1.82, 2.24) is 0 Å². The number of carbonyl (C=O) groups excluding carboxylic acids is 2. The van der Waals surface area contributed by atoms with Gasteiger partial charge in [-0.05, 0) is 44.6 Å². The van der Waals surface area contributed by atoms with Crippen LogP contribution in [-0.4, -0.2) is 36.8 Å². The van der Waals surface area contributed by atoms with Gasteiger partial charge in [-0.15, -0.1) is 0 Å². The molecule has 0 heterocycles. The van der Waals surface area contributed by atoms with Gasteiger partial charge in [0.1, 0.15) is 0 Å². The number of amides is 1. The van der Waals surface area contributed by atoms with Crippen LogP contribution < -0.4 is 10.8 Å². The zero-order valence-corrected chi connectivity index (χ0v) is 18.1. The van der Waals surface area contributed by atoms with Crippen molar-refractivity contribution in [3.8, 4) is 0 Å². The fourth-order valence-electron chi connectivity index (χ4n) is 2.84. The lowest BCUT2D eigenvalue weighted by atomic mass is 9.89. The maximum atomic E-state index is 11.4. The van der Waals surface area contributed by atoms with Gasteiger partial charge in [0.15, 0.2) is 6.10 Å². The molecule has 0 bridgehead atoms.